The van der Waals surface area contributed by atoms with Gasteiger partial charge in [-0.3, -0.25) is 14.9 Å². The predicted molar refractivity (Wildman–Crippen MR) is 102 cm³/mol. The lowest BCUT2D eigenvalue weighted by Gasteiger charge is -2.33. The number of carbonyl (C=O) groups is 1. The number of halogens is 1. The predicted octanol–water partition coefficient (Wildman–Crippen LogP) is 3.25. The molecule has 1 amide bonds. The van der Waals surface area contributed by atoms with E-state index < -0.39 is 10.8 Å². The molecular weight excluding hydrogens is 356 g/mol. The second kappa shape index (κ2) is 7.72. The fraction of sp³-hybridized carbons (Fsp3) is 0.278. The molecule has 1 N–H and O–H groups in total. The van der Waals surface area contributed by atoms with Crippen molar-refractivity contribution in [2.45, 2.75) is 0 Å². The molecule has 7 nitrogen and oxygen atoms in total. The minimum atomic E-state index is -0.441. The Morgan fingerprint density at radius 1 is 1.15 bits per heavy atom. The topological polar surface area (TPSA) is 78.7 Å². The van der Waals surface area contributed by atoms with Crippen LogP contribution in [0.5, 0.6) is 0 Å². The number of nitrogens with zero attached hydrogens (tertiary/aromatic N) is 3. The van der Waals surface area contributed by atoms with E-state index in [2.05, 4.69) is 10.2 Å². The highest BCUT2D eigenvalue weighted by molar-refractivity contribution is 6.31. The molecule has 8 heteroatoms. The van der Waals surface area contributed by atoms with Gasteiger partial charge in [-0.05, 0) is 37.4 Å². The number of benzene rings is 2. The Kier molecular flexibility index (Phi) is 5.39. The van der Waals surface area contributed by atoms with Gasteiger partial charge in [0.2, 0.25) is 0 Å². The summed E-state index contributed by atoms with van der Waals surface area (Å²) in [5, 5.41) is 14.7. The minimum Gasteiger partial charge on any atom is -0.363 e. The third-order valence-corrected chi connectivity index (χ3v) is 4.60. The van der Waals surface area contributed by atoms with E-state index in [1.807, 2.05) is 11.9 Å². The summed E-state index contributed by atoms with van der Waals surface area (Å²) in [5.41, 5.74) is 1.25. The molecule has 0 saturated carbocycles. The van der Waals surface area contributed by atoms with Gasteiger partial charge in [-0.25, -0.2) is 0 Å². The Balaban J connectivity index is 1.83. The molecule has 0 aromatic heterocycles. The molecule has 2 aromatic carbocycles. The lowest BCUT2D eigenvalue weighted by Crippen LogP contribution is -2.44. The van der Waals surface area contributed by atoms with Crippen molar-refractivity contribution in [1.29, 1.82) is 0 Å². The van der Waals surface area contributed by atoms with Crippen molar-refractivity contribution < 1.29 is 9.72 Å². The molecule has 1 fully saturated rings. The van der Waals surface area contributed by atoms with E-state index >= 15 is 0 Å². The SMILES string of the molecule is CN1CCN(c2ccc(C(=O)Nc3cccc(Cl)c3)cc2[N+](=O)[O-])CC1. The first-order chi connectivity index (χ1) is 12.4. The standard InChI is InChI=1S/C18H19ClN4O3/c1-21-7-9-22(10-8-21)16-6-5-13(11-17(16)23(25)26)18(24)20-15-4-2-3-14(19)12-15/h2-6,11-12H,7-10H2,1H3,(H,20,24). The first-order valence-electron chi connectivity index (χ1n) is 8.23. The van der Waals surface area contributed by atoms with E-state index in [9.17, 15) is 14.9 Å². The lowest BCUT2D eigenvalue weighted by molar-refractivity contribution is -0.384. The maximum Gasteiger partial charge on any atom is 0.293 e. The van der Waals surface area contributed by atoms with E-state index in [0.717, 1.165) is 13.1 Å². The molecule has 0 spiro atoms. The van der Waals surface area contributed by atoms with E-state index in [-0.39, 0.29) is 11.3 Å². The minimum absolute atomic E-state index is 0.0618. The van der Waals surface area contributed by atoms with E-state index in [1.54, 1.807) is 36.4 Å². The molecular formula is C18H19ClN4O3. The maximum atomic E-state index is 12.4. The van der Waals surface area contributed by atoms with Crippen molar-refractivity contribution in [3.05, 3.63) is 63.2 Å². The lowest BCUT2D eigenvalue weighted by atomic mass is 10.1. The number of rotatable bonds is 4. The van der Waals surface area contributed by atoms with E-state index in [0.29, 0.717) is 29.5 Å². The zero-order valence-corrected chi connectivity index (χ0v) is 15.1. The smallest absolute Gasteiger partial charge is 0.293 e. The molecule has 26 heavy (non-hydrogen) atoms. The summed E-state index contributed by atoms with van der Waals surface area (Å²) in [6.45, 7) is 3.11. The highest BCUT2D eigenvalue weighted by Crippen LogP contribution is 2.30. The Hall–Kier alpha value is -2.64. The molecule has 0 unspecified atom stereocenters. The van der Waals surface area contributed by atoms with Gasteiger partial charge >= 0.3 is 0 Å². The second-order valence-electron chi connectivity index (χ2n) is 6.22. The van der Waals surface area contributed by atoms with Gasteiger partial charge in [0.1, 0.15) is 5.69 Å². The largest absolute Gasteiger partial charge is 0.363 e. The normalized spacial score (nSPS) is 14.9. The fourth-order valence-electron chi connectivity index (χ4n) is 2.90. The van der Waals surface area contributed by atoms with Gasteiger partial charge in [-0.15, -0.1) is 0 Å². The van der Waals surface area contributed by atoms with Crippen LogP contribution in [0.4, 0.5) is 17.1 Å². The van der Waals surface area contributed by atoms with Gasteiger partial charge in [0.15, 0.2) is 0 Å². The Morgan fingerprint density at radius 2 is 1.88 bits per heavy atom. The van der Waals surface area contributed by atoms with Crippen LogP contribution in [-0.2, 0) is 0 Å². The van der Waals surface area contributed by atoms with Gasteiger partial charge in [-0.2, -0.15) is 0 Å². The molecule has 3 rings (SSSR count). The third kappa shape index (κ3) is 4.12. The van der Waals surface area contributed by atoms with Crippen LogP contribution in [0.1, 0.15) is 10.4 Å². The van der Waals surface area contributed by atoms with Gasteiger partial charge in [0.05, 0.1) is 4.92 Å². The summed E-state index contributed by atoms with van der Waals surface area (Å²) in [6.07, 6.45) is 0. The molecule has 1 aliphatic heterocycles. The fourth-order valence-corrected chi connectivity index (χ4v) is 3.09. The van der Waals surface area contributed by atoms with Crippen molar-refractivity contribution in [3.63, 3.8) is 0 Å². The summed E-state index contributed by atoms with van der Waals surface area (Å²) in [4.78, 5) is 27.7. The van der Waals surface area contributed by atoms with E-state index in [1.165, 1.54) is 6.07 Å². The maximum absolute atomic E-state index is 12.4. The highest BCUT2D eigenvalue weighted by Gasteiger charge is 2.24. The van der Waals surface area contributed by atoms with Gasteiger partial charge < -0.3 is 15.1 Å². The van der Waals surface area contributed by atoms with Crippen LogP contribution in [0.3, 0.4) is 0 Å². The van der Waals surface area contributed by atoms with Gasteiger partial charge in [0, 0.05) is 48.5 Å². The molecule has 0 atom stereocenters. The zero-order chi connectivity index (χ0) is 18.7. The summed E-state index contributed by atoms with van der Waals surface area (Å²) >= 11 is 5.91. The number of carbonyl (C=O) groups excluding carboxylic acids is 1. The summed E-state index contributed by atoms with van der Waals surface area (Å²) in [5.74, 6) is -0.416. The zero-order valence-electron chi connectivity index (χ0n) is 14.3. The molecule has 1 saturated heterocycles. The van der Waals surface area contributed by atoms with E-state index in [4.69, 9.17) is 11.6 Å². The first kappa shape index (κ1) is 18.2. The summed E-state index contributed by atoms with van der Waals surface area (Å²) < 4.78 is 0. The van der Waals surface area contributed by atoms with Crippen molar-refractivity contribution in [1.82, 2.24) is 4.90 Å². The number of hydrogen-bond donors (Lipinski definition) is 1. The summed E-state index contributed by atoms with van der Waals surface area (Å²) in [6, 6.07) is 11.3. The Bertz CT molecular complexity index is 835. The molecule has 1 heterocycles. The number of nitrogens with one attached hydrogen (secondary N) is 1. The quantitative estimate of drug-likeness (QED) is 0.656. The monoisotopic (exact) mass is 374 g/mol. The van der Waals surface area contributed by atoms with Crippen molar-refractivity contribution in [2.24, 2.45) is 0 Å². The molecule has 2 aromatic rings. The average molecular weight is 375 g/mol. The first-order valence-corrected chi connectivity index (χ1v) is 8.60. The van der Waals surface area contributed by atoms with Crippen LogP contribution in [0, 0.1) is 10.1 Å². The van der Waals surface area contributed by atoms with Gasteiger partial charge in [-0.1, -0.05) is 17.7 Å². The number of hydrogen-bond acceptors (Lipinski definition) is 5. The Labute approximate surface area is 156 Å². The number of piperazine rings is 1. The molecule has 1 aliphatic rings. The van der Waals surface area contributed by atoms with Crippen LogP contribution >= 0.6 is 11.6 Å². The van der Waals surface area contributed by atoms with Crippen molar-refractivity contribution >= 4 is 34.6 Å². The van der Waals surface area contributed by atoms with Gasteiger partial charge in [0.25, 0.3) is 11.6 Å². The number of amides is 1. The summed E-state index contributed by atoms with van der Waals surface area (Å²) in [7, 11) is 2.02. The third-order valence-electron chi connectivity index (χ3n) is 4.36. The van der Waals surface area contributed by atoms with Crippen LogP contribution in [-0.4, -0.2) is 49.0 Å². The Morgan fingerprint density at radius 3 is 2.54 bits per heavy atom. The van der Waals surface area contributed by atoms with Crippen molar-refractivity contribution in [2.75, 3.05) is 43.4 Å². The van der Waals surface area contributed by atoms with Crippen LogP contribution < -0.4 is 10.2 Å². The molecule has 0 aliphatic carbocycles. The average Bonchev–Trinajstić information content (AvgIpc) is 2.62. The number of nitro benzene ring substituents is 1. The van der Waals surface area contributed by atoms with Crippen molar-refractivity contribution in [3.8, 4) is 0 Å². The number of anilines is 2. The van der Waals surface area contributed by atoms with Crippen LogP contribution in [0.2, 0.25) is 5.02 Å². The highest BCUT2D eigenvalue weighted by atomic mass is 35.5. The second-order valence-corrected chi connectivity index (χ2v) is 6.65. The molecule has 0 bridgehead atoms. The number of likely N-dealkylation sites (N-methyl/N-ethyl adjacent to an activating group) is 1. The van der Waals surface area contributed by atoms with Crippen LogP contribution in [0.15, 0.2) is 42.5 Å². The van der Waals surface area contributed by atoms with Crippen LogP contribution in [0.25, 0.3) is 0 Å². The molecule has 136 valence electrons. The number of nitro groups is 1. The molecule has 0 radical (unpaired) electrons.